The SMILES string of the molecule is CCn1ccnc(N(C)Cc2ccc(C(=O)O)cc2)c1=O. The lowest BCUT2D eigenvalue weighted by molar-refractivity contribution is 0.0697. The molecule has 1 aromatic heterocycles. The second-order valence-corrected chi connectivity index (χ2v) is 4.70. The number of carbonyl (C=O) groups is 1. The number of aromatic nitrogens is 2. The molecule has 110 valence electrons. The second-order valence-electron chi connectivity index (χ2n) is 4.70. The minimum Gasteiger partial charge on any atom is -0.478 e. The molecule has 0 aliphatic heterocycles. The van der Waals surface area contributed by atoms with E-state index in [9.17, 15) is 9.59 Å². The first-order chi connectivity index (χ1) is 10.0. The third-order valence-electron chi connectivity index (χ3n) is 3.22. The van der Waals surface area contributed by atoms with Crippen molar-refractivity contribution >= 4 is 11.8 Å². The predicted molar refractivity (Wildman–Crippen MR) is 79.7 cm³/mol. The number of carboxylic acids is 1. The number of carboxylic acid groups (broad SMARTS) is 1. The Hall–Kier alpha value is -2.63. The van der Waals surface area contributed by atoms with E-state index in [2.05, 4.69) is 4.98 Å². The largest absolute Gasteiger partial charge is 0.478 e. The van der Waals surface area contributed by atoms with Crippen LogP contribution in [0.2, 0.25) is 0 Å². The summed E-state index contributed by atoms with van der Waals surface area (Å²) in [5.74, 6) is -0.577. The Morgan fingerprint density at radius 1 is 1.33 bits per heavy atom. The number of nitrogens with zero attached hydrogens (tertiary/aromatic N) is 3. The monoisotopic (exact) mass is 287 g/mol. The van der Waals surface area contributed by atoms with Crippen LogP contribution in [0.4, 0.5) is 5.82 Å². The highest BCUT2D eigenvalue weighted by molar-refractivity contribution is 5.87. The van der Waals surface area contributed by atoms with Crippen LogP contribution < -0.4 is 10.5 Å². The molecule has 0 aliphatic rings. The summed E-state index contributed by atoms with van der Waals surface area (Å²) >= 11 is 0. The van der Waals surface area contributed by atoms with Gasteiger partial charge in [-0.15, -0.1) is 0 Å². The van der Waals surface area contributed by atoms with E-state index in [0.29, 0.717) is 18.9 Å². The van der Waals surface area contributed by atoms with E-state index in [1.54, 1.807) is 53.2 Å². The van der Waals surface area contributed by atoms with Gasteiger partial charge in [-0.3, -0.25) is 4.79 Å². The molecule has 0 unspecified atom stereocenters. The molecule has 1 heterocycles. The van der Waals surface area contributed by atoms with Crippen LogP contribution in [0, 0.1) is 0 Å². The van der Waals surface area contributed by atoms with Gasteiger partial charge in [0.1, 0.15) is 0 Å². The molecular weight excluding hydrogens is 270 g/mol. The van der Waals surface area contributed by atoms with Crippen molar-refractivity contribution in [1.29, 1.82) is 0 Å². The normalized spacial score (nSPS) is 10.4. The van der Waals surface area contributed by atoms with Gasteiger partial charge in [-0.2, -0.15) is 0 Å². The number of anilines is 1. The maximum atomic E-state index is 12.2. The summed E-state index contributed by atoms with van der Waals surface area (Å²) < 4.78 is 1.59. The molecule has 0 radical (unpaired) electrons. The van der Waals surface area contributed by atoms with Crippen LogP contribution in [0.5, 0.6) is 0 Å². The van der Waals surface area contributed by atoms with Gasteiger partial charge in [-0.1, -0.05) is 12.1 Å². The van der Waals surface area contributed by atoms with Crippen molar-refractivity contribution in [2.24, 2.45) is 0 Å². The highest BCUT2D eigenvalue weighted by Gasteiger charge is 2.10. The Balaban J connectivity index is 2.20. The summed E-state index contributed by atoms with van der Waals surface area (Å²) in [7, 11) is 1.79. The fourth-order valence-corrected chi connectivity index (χ4v) is 2.05. The molecule has 0 bridgehead atoms. The molecule has 0 saturated heterocycles. The molecule has 2 aromatic rings. The predicted octanol–water partition coefficient (Wildman–Crippen LogP) is 1.60. The number of hydrogen-bond donors (Lipinski definition) is 1. The summed E-state index contributed by atoms with van der Waals surface area (Å²) in [5, 5.41) is 8.87. The maximum Gasteiger partial charge on any atom is 0.335 e. The Morgan fingerprint density at radius 3 is 2.57 bits per heavy atom. The van der Waals surface area contributed by atoms with Gasteiger partial charge in [0.2, 0.25) is 0 Å². The van der Waals surface area contributed by atoms with Crippen molar-refractivity contribution < 1.29 is 9.90 Å². The average molecular weight is 287 g/mol. The topological polar surface area (TPSA) is 75.4 Å². The molecular formula is C15H17N3O3. The van der Waals surface area contributed by atoms with E-state index in [1.807, 2.05) is 6.92 Å². The van der Waals surface area contributed by atoms with Crippen LogP contribution in [0.25, 0.3) is 0 Å². The third kappa shape index (κ3) is 3.28. The number of aryl methyl sites for hydroxylation is 1. The molecule has 6 heteroatoms. The van der Waals surface area contributed by atoms with Crippen LogP contribution >= 0.6 is 0 Å². The molecule has 0 aliphatic carbocycles. The van der Waals surface area contributed by atoms with Crippen LogP contribution in [0.1, 0.15) is 22.8 Å². The van der Waals surface area contributed by atoms with Crippen LogP contribution in [-0.2, 0) is 13.1 Å². The molecule has 0 amide bonds. The van der Waals surface area contributed by atoms with Crippen molar-refractivity contribution in [3.63, 3.8) is 0 Å². The molecule has 1 N–H and O–H groups in total. The van der Waals surface area contributed by atoms with Crippen molar-refractivity contribution in [2.75, 3.05) is 11.9 Å². The first-order valence-electron chi connectivity index (χ1n) is 6.61. The zero-order chi connectivity index (χ0) is 15.4. The van der Waals surface area contributed by atoms with Crippen molar-refractivity contribution in [3.8, 4) is 0 Å². The van der Waals surface area contributed by atoms with E-state index < -0.39 is 5.97 Å². The van der Waals surface area contributed by atoms with E-state index >= 15 is 0 Å². The quantitative estimate of drug-likeness (QED) is 0.904. The average Bonchev–Trinajstić information content (AvgIpc) is 2.48. The maximum absolute atomic E-state index is 12.2. The summed E-state index contributed by atoms with van der Waals surface area (Å²) in [6, 6.07) is 6.57. The first-order valence-corrected chi connectivity index (χ1v) is 6.61. The Labute approximate surface area is 122 Å². The van der Waals surface area contributed by atoms with E-state index in [0.717, 1.165) is 5.56 Å². The molecule has 6 nitrogen and oxygen atoms in total. The number of hydrogen-bond acceptors (Lipinski definition) is 4. The minimum absolute atomic E-state index is 0.135. The van der Waals surface area contributed by atoms with Gasteiger partial charge in [-0.25, -0.2) is 9.78 Å². The van der Waals surface area contributed by atoms with Crippen LogP contribution in [0.3, 0.4) is 0 Å². The zero-order valence-corrected chi connectivity index (χ0v) is 12.0. The van der Waals surface area contributed by atoms with E-state index in [4.69, 9.17) is 5.11 Å². The van der Waals surface area contributed by atoms with Crippen LogP contribution in [-0.4, -0.2) is 27.7 Å². The highest BCUT2D eigenvalue weighted by Crippen LogP contribution is 2.10. The molecule has 0 saturated carbocycles. The van der Waals surface area contributed by atoms with Gasteiger partial charge in [0, 0.05) is 32.5 Å². The summed E-state index contributed by atoms with van der Waals surface area (Å²) in [6.07, 6.45) is 3.26. The lowest BCUT2D eigenvalue weighted by atomic mass is 10.1. The molecule has 0 fully saturated rings. The third-order valence-corrected chi connectivity index (χ3v) is 3.22. The van der Waals surface area contributed by atoms with Crippen molar-refractivity contribution in [2.45, 2.75) is 20.0 Å². The number of rotatable bonds is 5. The summed E-state index contributed by atoms with van der Waals surface area (Å²) in [5.41, 5.74) is 1.02. The fourth-order valence-electron chi connectivity index (χ4n) is 2.05. The first kappa shape index (κ1) is 14.8. The van der Waals surface area contributed by atoms with Crippen molar-refractivity contribution in [1.82, 2.24) is 9.55 Å². The lowest BCUT2D eigenvalue weighted by Crippen LogP contribution is -2.30. The Morgan fingerprint density at radius 2 is 2.00 bits per heavy atom. The van der Waals surface area contributed by atoms with Gasteiger partial charge in [0.05, 0.1) is 5.56 Å². The second kappa shape index (κ2) is 6.21. The van der Waals surface area contributed by atoms with Gasteiger partial charge in [-0.05, 0) is 24.6 Å². The van der Waals surface area contributed by atoms with E-state index in [1.165, 1.54) is 0 Å². The standard InChI is InChI=1S/C15H17N3O3/c1-3-18-9-8-16-13(14(18)19)17(2)10-11-4-6-12(7-5-11)15(20)21/h4-9H,3,10H2,1-2H3,(H,20,21). The molecule has 2 rings (SSSR count). The summed E-state index contributed by atoms with van der Waals surface area (Å²) in [4.78, 5) is 28.8. The lowest BCUT2D eigenvalue weighted by Gasteiger charge is -2.18. The molecule has 0 spiro atoms. The Bertz CT molecular complexity index is 692. The molecule has 1 aromatic carbocycles. The van der Waals surface area contributed by atoms with Gasteiger partial charge in [0.15, 0.2) is 5.82 Å². The van der Waals surface area contributed by atoms with Gasteiger partial charge >= 0.3 is 5.97 Å². The smallest absolute Gasteiger partial charge is 0.335 e. The fraction of sp³-hybridized carbons (Fsp3) is 0.267. The minimum atomic E-state index is -0.953. The van der Waals surface area contributed by atoms with Crippen LogP contribution in [0.15, 0.2) is 41.5 Å². The van der Waals surface area contributed by atoms with E-state index in [-0.39, 0.29) is 11.1 Å². The molecule has 21 heavy (non-hydrogen) atoms. The highest BCUT2D eigenvalue weighted by atomic mass is 16.4. The number of aromatic carboxylic acids is 1. The molecule has 0 atom stereocenters. The number of benzene rings is 1. The zero-order valence-electron chi connectivity index (χ0n) is 12.0. The van der Waals surface area contributed by atoms with Crippen molar-refractivity contribution in [3.05, 3.63) is 58.1 Å². The van der Waals surface area contributed by atoms with Gasteiger partial charge < -0.3 is 14.6 Å². The Kier molecular flexibility index (Phi) is 4.37. The summed E-state index contributed by atoms with van der Waals surface area (Å²) in [6.45, 7) is 2.97. The van der Waals surface area contributed by atoms with Gasteiger partial charge in [0.25, 0.3) is 5.56 Å².